The molecule has 2 fully saturated rings. The van der Waals surface area contributed by atoms with E-state index in [0.29, 0.717) is 18.2 Å². The van der Waals surface area contributed by atoms with Crippen molar-refractivity contribution in [2.24, 2.45) is 5.92 Å². The van der Waals surface area contributed by atoms with Crippen LogP contribution in [-0.2, 0) is 6.54 Å². The number of hydrogen-bond donors (Lipinski definition) is 2. The molecule has 3 rings (SSSR count). The van der Waals surface area contributed by atoms with Gasteiger partial charge < -0.3 is 10.4 Å². The Labute approximate surface area is 119 Å². The molecule has 0 aromatic heterocycles. The summed E-state index contributed by atoms with van der Waals surface area (Å²) in [6, 6.07) is 4.81. The lowest BCUT2D eigenvalue weighted by Crippen LogP contribution is -2.42. The van der Waals surface area contributed by atoms with Crippen LogP contribution in [0.4, 0.5) is 4.39 Å². The summed E-state index contributed by atoms with van der Waals surface area (Å²) in [6.07, 6.45) is 5.07. The van der Waals surface area contributed by atoms with Crippen molar-refractivity contribution in [1.29, 1.82) is 0 Å². The average Bonchev–Trinajstić information content (AvgIpc) is 3.26. The van der Waals surface area contributed by atoms with Crippen LogP contribution in [0.1, 0.15) is 31.2 Å². The molecule has 20 heavy (non-hydrogen) atoms. The van der Waals surface area contributed by atoms with Gasteiger partial charge in [-0.25, -0.2) is 4.39 Å². The second kappa shape index (κ2) is 6.10. The molecular weight excluding hydrogens is 255 g/mol. The molecule has 0 amide bonds. The van der Waals surface area contributed by atoms with Crippen molar-refractivity contribution in [3.05, 3.63) is 29.6 Å². The fourth-order valence-corrected chi connectivity index (χ4v) is 2.87. The number of rotatable bonds is 5. The zero-order valence-electron chi connectivity index (χ0n) is 11.8. The van der Waals surface area contributed by atoms with E-state index < -0.39 is 0 Å². The normalized spacial score (nSPS) is 21.2. The molecule has 1 aromatic carbocycles. The summed E-state index contributed by atoms with van der Waals surface area (Å²) < 4.78 is 13.2. The Bertz CT molecular complexity index is 454. The van der Waals surface area contributed by atoms with Crippen molar-refractivity contribution >= 4 is 0 Å². The molecule has 2 aliphatic rings. The van der Waals surface area contributed by atoms with E-state index in [1.54, 1.807) is 0 Å². The molecule has 0 radical (unpaired) electrons. The van der Waals surface area contributed by atoms with E-state index in [0.717, 1.165) is 31.8 Å². The Kier molecular flexibility index (Phi) is 4.22. The van der Waals surface area contributed by atoms with Gasteiger partial charge in [-0.05, 0) is 69.4 Å². The molecule has 1 saturated carbocycles. The van der Waals surface area contributed by atoms with Crippen LogP contribution in [0.25, 0.3) is 0 Å². The highest BCUT2D eigenvalue weighted by Gasteiger charge is 2.24. The molecule has 1 heterocycles. The number of piperidine rings is 1. The quantitative estimate of drug-likeness (QED) is 0.868. The first-order valence-electron chi connectivity index (χ1n) is 7.64. The monoisotopic (exact) mass is 278 g/mol. The molecule has 2 N–H and O–H groups in total. The number of aromatic hydroxyl groups is 1. The molecule has 0 spiro atoms. The van der Waals surface area contributed by atoms with E-state index >= 15 is 0 Å². The molecule has 0 bridgehead atoms. The Morgan fingerprint density at radius 1 is 1.20 bits per heavy atom. The maximum absolute atomic E-state index is 13.2. The number of hydrogen-bond acceptors (Lipinski definition) is 3. The zero-order chi connectivity index (χ0) is 13.9. The minimum atomic E-state index is -0.279. The maximum Gasteiger partial charge on any atom is 0.123 e. The largest absolute Gasteiger partial charge is 0.508 e. The van der Waals surface area contributed by atoms with Crippen molar-refractivity contribution in [1.82, 2.24) is 10.2 Å². The van der Waals surface area contributed by atoms with E-state index in [9.17, 15) is 9.50 Å². The molecule has 1 aromatic rings. The van der Waals surface area contributed by atoms with Gasteiger partial charge in [0.25, 0.3) is 0 Å². The van der Waals surface area contributed by atoms with Crippen molar-refractivity contribution in [2.75, 3.05) is 19.6 Å². The van der Waals surface area contributed by atoms with Crippen molar-refractivity contribution in [3.63, 3.8) is 0 Å². The Hall–Kier alpha value is -1.13. The third-order valence-electron chi connectivity index (χ3n) is 4.42. The lowest BCUT2D eigenvalue weighted by Gasteiger charge is -2.32. The summed E-state index contributed by atoms with van der Waals surface area (Å²) in [7, 11) is 0. The van der Waals surface area contributed by atoms with Gasteiger partial charge >= 0.3 is 0 Å². The first-order valence-corrected chi connectivity index (χ1v) is 7.64. The first-order chi connectivity index (χ1) is 9.70. The second-order valence-corrected chi connectivity index (χ2v) is 6.18. The summed E-state index contributed by atoms with van der Waals surface area (Å²) in [5.74, 6) is 0.844. The standard InChI is InChI=1S/C16H23FN2O/c17-14-3-4-16(20)13(9-14)11-19-7-5-15(6-8-19)18-10-12-1-2-12/h3-4,9,12,15,18,20H,1-2,5-8,10-11H2. The van der Waals surface area contributed by atoms with E-state index in [4.69, 9.17) is 0 Å². The number of likely N-dealkylation sites (tertiary alicyclic amines) is 1. The SMILES string of the molecule is Oc1ccc(F)cc1CN1CCC(NCC2CC2)CC1. The topological polar surface area (TPSA) is 35.5 Å². The van der Waals surface area contributed by atoms with Crippen molar-refractivity contribution in [2.45, 2.75) is 38.3 Å². The second-order valence-electron chi connectivity index (χ2n) is 6.18. The van der Waals surface area contributed by atoms with Crippen LogP contribution in [-0.4, -0.2) is 35.7 Å². The molecule has 1 aliphatic carbocycles. The highest BCUT2D eigenvalue weighted by Crippen LogP contribution is 2.28. The van der Waals surface area contributed by atoms with Gasteiger partial charge in [0.15, 0.2) is 0 Å². The summed E-state index contributed by atoms with van der Waals surface area (Å²) in [5.41, 5.74) is 0.689. The summed E-state index contributed by atoms with van der Waals surface area (Å²) in [4.78, 5) is 2.30. The number of nitrogens with zero attached hydrogens (tertiary/aromatic N) is 1. The molecule has 1 saturated heterocycles. The molecular formula is C16H23FN2O. The third-order valence-corrected chi connectivity index (χ3v) is 4.42. The Balaban J connectivity index is 1.46. The van der Waals surface area contributed by atoms with E-state index in [2.05, 4.69) is 10.2 Å². The van der Waals surface area contributed by atoms with Crippen LogP contribution < -0.4 is 5.32 Å². The van der Waals surface area contributed by atoms with Crippen LogP contribution in [0.3, 0.4) is 0 Å². The average molecular weight is 278 g/mol. The third kappa shape index (κ3) is 3.70. The van der Waals surface area contributed by atoms with Gasteiger partial charge in [-0.15, -0.1) is 0 Å². The predicted octanol–water partition coefficient (Wildman–Crippen LogP) is 2.50. The van der Waals surface area contributed by atoms with E-state index in [1.807, 2.05) is 0 Å². The summed E-state index contributed by atoms with van der Waals surface area (Å²) >= 11 is 0. The van der Waals surface area contributed by atoms with Gasteiger partial charge in [-0.3, -0.25) is 4.90 Å². The first kappa shape index (κ1) is 13.8. The Morgan fingerprint density at radius 2 is 1.95 bits per heavy atom. The highest BCUT2D eigenvalue weighted by molar-refractivity contribution is 5.32. The van der Waals surface area contributed by atoms with Crippen LogP contribution in [0, 0.1) is 11.7 Å². The van der Waals surface area contributed by atoms with Crippen molar-refractivity contribution in [3.8, 4) is 5.75 Å². The minimum Gasteiger partial charge on any atom is -0.508 e. The van der Waals surface area contributed by atoms with E-state index in [1.165, 1.54) is 37.6 Å². The summed E-state index contributed by atoms with van der Waals surface area (Å²) in [6.45, 7) is 3.84. The fourth-order valence-electron chi connectivity index (χ4n) is 2.87. The number of phenols is 1. The van der Waals surface area contributed by atoms with Gasteiger partial charge in [-0.2, -0.15) is 0 Å². The van der Waals surface area contributed by atoms with Gasteiger partial charge in [-0.1, -0.05) is 0 Å². The maximum atomic E-state index is 13.2. The van der Waals surface area contributed by atoms with Crippen LogP contribution in [0.5, 0.6) is 5.75 Å². The molecule has 3 nitrogen and oxygen atoms in total. The lowest BCUT2D eigenvalue weighted by atomic mass is 10.0. The predicted molar refractivity (Wildman–Crippen MR) is 77.1 cm³/mol. The van der Waals surface area contributed by atoms with E-state index in [-0.39, 0.29) is 11.6 Å². The number of halogens is 1. The smallest absolute Gasteiger partial charge is 0.123 e. The van der Waals surface area contributed by atoms with Gasteiger partial charge in [0.05, 0.1) is 0 Å². The minimum absolute atomic E-state index is 0.195. The number of phenolic OH excluding ortho intramolecular Hbond substituents is 1. The molecule has 1 aliphatic heterocycles. The molecule has 0 unspecified atom stereocenters. The number of benzene rings is 1. The summed E-state index contributed by atoms with van der Waals surface area (Å²) in [5, 5.41) is 13.4. The fraction of sp³-hybridized carbons (Fsp3) is 0.625. The molecule has 0 atom stereocenters. The van der Waals surface area contributed by atoms with Crippen LogP contribution >= 0.6 is 0 Å². The van der Waals surface area contributed by atoms with Crippen LogP contribution in [0.2, 0.25) is 0 Å². The van der Waals surface area contributed by atoms with Gasteiger partial charge in [0.2, 0.25) is 0 Å². The van der Waals surface area contributed by atoms with Gasteiger partial charge in [0.1, 0.15) is 11.6 Å². The van der Waals surface area contributed by atoms with Crippen molar-refractivity contribution < 1.29 is 9.50 Å². The molecule has 4 heteroatoms. The zero-order valence-corrected chi connectivity index (χ0v) is 11.8. The highest BCUT2D eigenvalue weighted by atomic mass is 19.1. The van der Waals surface area contributed by atoms with Crippen LogP contribution in [0.15, 0.2) is 18.2 Å². The number of nitrogens with one attached hydrogen (secondary N) is 1. The molecule has 110 valence electrons. The lowest BCUT2D eigenvalue weighted by molar-refractivity contribution is 0.188. The Morgan fingerprint density at radius 3 is 2.65 bits per heavy atom. The van der Waals surface area contributed by atoms with Gasteiger partial charge in [0, 0.05) is 18.2 Å².